The van der Waals surface area contributed by atoms with Crippen molar-refractivity contribution >= 4 is 38.9 Å². The average molecular weight is 370 g/mol. The van der Waals surface area contributed by atoms with E-state index in [1.54, 1.807) is 18.2 Å². The van der Waals surface area contributed by atoms with Crippen molar-refractivity contribution in [2.45, 2.75) is 13.0 Å². The van der Waals surface area contributed by atoms with Gasteiger partial charge in [-0.2, -0.15) is 0 Å². The van der Waals surface area contributed by atoms with E-state index in [4.69, 9.17) is 11.6 Å². The Kier molecular flexibility index (Phi) is 4.85. The first-order valence-electron chi connectivity index (χ1n) is 6.32. The first-order valence-corrected chi connectivity index (χ1v) is 7.49. The second-order valence-corrected chi connectivity index (χ2v) is 6.08. The smallest absolute Gasteiger partial charge is 0.293 e. The summed E-state index contributed by atoms with van der Waals surface area (Å²) in [6.45, 7) is 1.98. The van der Waals surface area contributed by atoms with Crippen molar-refractivity contribution in [1.82, 2.24) is 0 Å². The summed E-state index contributed by atoms with van der Waals surface area (Å²) in [5.74, 6) is 0. The maximum absolute atomic E-state index is 11.2. The first kappa shape index (κ1) is 15.8. The third-order valence-electron chi connectivity index (χ3n) is 3.43. The third kappa shape index (κ3) is 3.54. The largest absolute Gasteiger partial charge is 0.362 e. The molecule has 110 valence electrons. The minimum Gasteiger partial charge on any atom is -0.362 e. The van der Waals surface area contributed by atoms with Gasteiger partial charge in [0.1, 0.15) is 5.69 Å². The fourth-order valence-electron chi connectivity index (χ4n) is 2.14. The molecule has 1 atom stereocenters. The Morgan fingerprint density at radius 2 is 2.00 bits per heavy atom. The van der Waals surface area contributed by atoms with Crippen molar-refractivity contribution < 1.29 is 4.92 Å². The van der Waals surface area contributed by atoms with Crippen LogP contribution in [0.2, 0.25) is 5.02 Å². The van der Waals surface area contributed by atoms with Gasteiger partial charge in [-0.15, -0.1) is 0 Å². The lowest BCUT2D eigenvalue weighted by Crippen LogP contribution is -2.22. The van der Waals surface area contributed by atoms with E-state index >= 15 is 0 Å². The molecule has 0 aliphatic heterocycles. The van der Waals surface area contributed by atoms with Gasteiger partial charge >= 0.3 is 0 Å². The van der Waals surface area contributed by atoms with Gasteiger partial charge in [0.15, 0.2) is 0 Å². The van der Waals surface area contributed by atoms with Crippen molar-refractivity contribution in [3.63, 3.8) is 0 Å². The molecule has 0 fully saturated rings. The van der Waals surface area contributed by atoms with Gasteiger partial charge in [0, 0.05) is 22.6 Å². The van der Waals surface area contributed by atoms with E-state index < -0.39 is 0 Å². The standard InChI is InChI=1S/C15H14BrClN2O2/c1-10(11-4-3-5-13(17)8-11)18(2)14-7-6-12(16)9-15(14)19(20)21/h3-10H,1-2H3. The normalized spacial score (nSPS) is 12.0. The Hall–Kier alpha value is -1.59. The highest BCUT2D eigenvalue weighted by Crippen LogP contribution is 2.35. The molecule has 0 aromatic heterocycles. The van der Waals surface area contributed by atoms with Crippen LogP contribution in [0.1, 0.15) is 18.5 Å². The second kappa shape index (κ2) is 6.45. The van der Waals surface area contributed by atoms with Crippen LogP contribution in [0, 0.1) is 10.1 Å². The summed E-state index contributed by atoms with van der Waals surface area (Å²) in [4.78, 5) is 12.7. The van der Waals surface area contributed by atoms with Gasteiger partial charge in [0.05, 0.1) is 11.0 Å². The van der Waals surface area contributed by atoms with Gasteiger partial charge in [-0.1, -0.05) is 39.7 Å². The molecular weight excluding hydrogens is 356 g/mol. The lowest BCUT2D eigenvalue weighted by molar-refractivity contribution is -0.384. The highest BCUT2D eigenvalue weighted by atomic mass is 79.9. The Bertz CT molecular complexity index is 678. The Labute approximate surface area is 136 Å². The SMILES string of the molecule is CC(c1cccc(Cl)c1)N(C)c1ccc(Br)cc1[N+](=O)[O-]. The molecule has 0 aliphatic rings. The zero-order valence-electron chi connectivity index (χ0n) is 11.6. The third-order valence-corrected chi connectivity index (χ3v) is 4.15. The van der Waals surface area contributed by atoms with Crippen LogP contribution in [0.3, 0.4) is 0 Å². The summed E-state index contributed by atoms with van der Waals surface area (Å²) in [7, 11) is 1.84. The molecule has 0 saturated heterocycles. The molecule has 0 bridgehead atoms. The van der Waals surface area contributed by atoms with Crippen molar-refractivity contribution in [3.05, 3.63) is 67.6 Å². The van der Waals surface area contributed by atoms with Crippen molar-refractivity contribution in [2.75, 3.05) is 11.9 Å². The molecule has 6 heteroatoms. The average Bonchev–Trinajstić information content (AvgIpc) is 2.45. The molecule has 2 aromatic carbocycles. The second-order valence-electron chi connectivity index (χ2n) is 4.73. The van der Waals surface area contributed by atoms with Crippen LogP contribution in [0.25, 0.3) is 0 Å². The van der Waals surface area contributed by atoms with E-state index in [2.05, 4.69) is 15.9 Å². The first-order chi connectivity index (χ1) is 9.90. The summed E-state index contributed by atoms with van der Waals surface area (Å²) in [6.07, 6.45) is 0. The topological polar surface area (TPSA) is 46.4 Å². The number of hydrogen-bond donors (Lipinski definition) is 0. The number of anilines is 1. The maximum Gasteiger partial charge on any atom is 0.293 e. The number of nitro groups is 1. The van der Waals surface area contributed by atoms with E-state index in [1.807, 2.05) is 37.1 Å². The van der Waals surface area contributed by atoms with Crippen LogP contribution in [0.15, 0.2) is 46.9 Å². The molecule has 0 heterocycles. The minimum atomic E-state index is -0.374. The van der Waals surface area contributed by atoms with Crippen LogP contribution in [-0.4, -0.2) is 12.0 Å². The number of rotatable bonds is 4. The number of halogens is 2. The van der Waals surface area contributed by atoms with Gasteiger partial charge in [0.25, 0.3) is 5.69 Å². The fourth-order valence-corrected chi connectivity index (χ4v) is 2.69. The highest BCUT2D eigenvalue weighted by molar-refractivity contribution is 9.10. The van der Waals surface area contributed by atoms with Gasteiger partial charge in [-0.3, -0.25) is 10.1 Å². The van der Waals surface area contributed by atoms with Crippen LogP contribution in [0.5, 0.6) is 0 Å². The number of nitrogens with zero attached hydrogens (tertiary/aromatic N) is 2. The van der Waals surface area contributed by atoms with Gasteiger partial charge in [0.2, 0.25) is 0 Å². The summed E-state index contributed by atoms with van der Waals surface area (Å²) >= 11 is 9.27. The maximum atomic E-state index is 11.2. The van der Waals surface area contributed by atoms with Crippen molar-refractivity contribution in [2.24, 2.45) is 0 Å². The van der Waals surface area contributed by atoms with Crippen molar-refractivity contribution in [3.8, 4) is 0 Å². The molecular formula is C15H14BrClN2O2. The van der Waals surface area contributed by atoms with E-state index in [0.29, 0.717) is 15.2 Å². The molecule has 4 nitrogen and oxygen atoms in total. The van der Waals surface area contributed by atoms with Crippen molar-refractivity contribution in [1.29, 1.82) is 0 Å². The highest BCUT2D eigenvalue weighted by Gasteiger charge is 2.21. The van der Waals surface area contributed by atoms with Gasteiger partial charge in [-0.25, -0.2) is 0 Å². The predicted molar refractivity (Wildman–Crippen MR) is 89.1 cm³/mol. The van der Waals surface area contributed by atoms with Gasteiger partial charge in [-0.05, 0) is 36.8 Å². The van der Waals surface area contributed by atoms with E-state index in [-0.39, 0.29) is 16.7 Å². The molecule has 0 radical (unpaired) electrons. The Morgan fingerprint density at radius 1 is 1.29 bits per heavy atom. The number of benzene rings is 2. The van der Waals surface area contributed by atoms with Crippen LogP contribution < -0.4 is 4.90 Å². The lowest BCUT2D eigenvalue weighted by Gasteiger charge is -2.27. The molecule has 0 amide bonds. The molecule has 0 N–H and O–H groups in total. The number of hydrogen-bond acceptors (Lipinski definition) is 3. The Morgan fingerprint density at radius 3 is 2.62 bits per heavy atom. The van der Waals surface area contributed by atoms with Crippen LogP contribution >= 0.6 is 27.5 Å². The minimum absolute atomic E-state index is 0.0384. The van der Waals surface area contributed by atoms with Gasteiger partial charge < -0.3 is 4.90 Å². The summed E-state index contributed by atoms with van der Waals surface area (Å²) in [6, 6.07) is 12.5. The lowest BCUT2D eigenvalue weighted by atomic mass is 10.1. The number of nitro benzene ring substituents is 1. The zero-order valence-corrected chi connectivity index (χ0v) is 13.9. The van der Waals surface area contributed by atoms with E-state index in [1.165, 1.54) is 6.07 Å². The molecule has 1 unspecified atom stereocenters. The zero-order chi connectivity index (χ0) is 15.6. The molecule has 2 rings (SSSR count). The summed E-state index contributed by atoms with van der Waals surface area (Å²) in [5.41, 5.74) is 1.64. The van der Waals surface area contributed by atoms with Crippen LogP contribution in [0.4, 0.5) is 11.4 Å². The molecule has 2 aromatic rings. The van der Waals surface area contributed by atoms with E-state index in [9.17, 15) is 10.1 Å². The fraction of sp³-hybridized carbons (Fsp3) is 0.200. The molecule has 21 heavy (non-hydrogen) atoms. The molecule has 0 spiro atoms. The van der Waals surface area contributed by atoms with E-state index in [0.717, 1.165) is 5.56 Å². The monoisotopic (exact) mass is 368 g/mol. The Balaban J connectivity index is 2.40. The summed E-state index contributed by atoms with van der Waals surface area (Å²) < 4.78 is 0.682. The van der Waals surface area contributed by atoms with Crippen LogP contribution in [-0.2, 0) is 0 Å². The predicted octanol–water partition coefficient (Wildman–Crippen LogP) is 5.21. The quantitative estimate of drug-likeness (QED) is 0.549. The molecule has 0 aliphatic carbocycles. The summed E-state index contributed by atoms with van der Waals surface area (Å²) in [5, 5.41) is 11.9. The molecule has 0 saturated carbocycles.